The molecule has 16 unspecified atom stereocenters. The van der Waals surface area contributed by atoms with Crippen LogP contribution in [0.25, 0.3) is 0 Å². The van der Waals surface area contributed by atoms with Crippen molar-refractivity contribution in [3.63, 3.8) is 0 Å². The third kappa shape index (κ3) is 36.0. The Bertz CT molecular complexity index is 4360. The van der Waals surface area contributed by atoms with E-state index in [2.05, 4.69) is 84.2 Å². The minimum Gasteiger partial charge on any atom is -0.469 e. The highest BCUT2D eigenvalue weighted by Gasteiger charge is 2.55. The van der Waals surface area contributed by atoms with Crippen molar-refractivity contribution in [3.05, 3.63) is 182 Å². The van der Waals surface area contributed by atoms with Crippen LogP contribution in [-0.2, 0) is 149 Å². The van der Waals surface area contributed by atoms with Gasteiger partial charge >= 0.3 is 50.8 Å². The van der Waals surface area contributed by atoms with Crippen molar-refractivity contribution in [1.82, 2.24) is 16.0 Å². The normalized spacial score (nSPS) is 32.7. The van der Waals surface area contributed by atoms with Crippen LogP contribution in [0, 0.1) is 71.0 Å². The van der Waals surface area contributed by atoms with Crippen molar-refractivity contribution in [3.8, 4) is 0 Å². The molecule has 0 bridgehead atoms. The van der Waals surface area contributed by atoms with Crippen LogP contribution in [0.1, 0.15) is 185 Å². The molecule has 0 radical (unpaired) electrons. The molecule has 3 amide bonds. The van der Waals surface area contributed by atoms with E-state index < -0.39 is 137 Å². The predicted octanol–water partition coefficient (Wildman–Crippen LogP) is 16.5. The zero-order chi connectivity index (χ0) is 104. The van der Waals surface area contributed by atoms with Crippen LogP contribution >= 0.6 is 8.60 Å². The highest BCUT2D eigenvalue weighted by molar-refractivity contribution is 7.41. The first-order chi connectivity index (χ1) is 68.2. The molecule has 4 aromatic carbocycles. The summed E-state index contributed by atoms with van der Waals surface area (Å²) in [5, 5.41) is 29.5. The number of amides is 3. The van der Waals surface area contributed by atoms with E-state index >= 15 is 0 Å². The number of methoxy groups -OCH3 is 2. The predicted molar refractivity (Wildman–Crippen MR) is 528 cm³/mol. The van der Waals surface area contributed by atoms with Crippen molar-refractivity contribution in [1.29, 1.82) is 0 Å². The van der Waals surface area contributed by atoms with Gasteiger partial charge in [0.1, 0.15) is 45.2 Å². The molecule has 7 aliphatic rings. The lowest BCUT2D eigenvalue weighted by molar-refractivity contribution is -0.337. The maximum atomic E-state index is 13.2. The number of nitrogens with one attached hydrogen (secondary N) is 3. The van der Waals surface area contributed by atoms with Gasteiger partial charge in [-0.15, -0.1) is 0 Å². The SMILES string of the molecule is C=CCOC(=O)NC1C(C)[C@@H](C)[C@H](CC)O[C@H]1O[C@@H]1CC(C(=O)OC)C[C@@H](CC)C1O[C@@H]1OC(C)[C@@H](C)[C@H](OCc2ccccc2)C1OCc1ccccc1.C=CCOC(=O)NC1C(O)O[C@@H](COC(C)=O)[C@H](C)C1C.C=CCOC(=O)NC1C(OP(OCC)OCC)O[C@@H](COC(C)=O)[C@H](C)C1C.CC[C@@H]1CC(C(=O)OC)C[C@@H](O)C1O[C@@H]1OC(C)[C@@H](C)[C@H](OCc2ccccc2)C1OCc1ccccc1. The molecule has 794 valence electrons. The van der Waals surface area contributed by atoms with E-state index in [1.165, 1.54) is 46.3 Å². The number of ether oxygens (including phenoxy) is 19. The van der Waals surface area contributed by atoms with Gasteiger partial charge in [-0.05, 0) is 129 Å². The summed E-state index contributed by atoms with van der Waals surface area (Å²) >= 11 is 0. The molecule has 4 aromatic rings. The number of hydrogen-bond donors (Lipinski definition) is 5. The Labute approximate surface area is 840 Å². The van der Waals surface area contributed by atoms with Crippen LogP contribution in [-0.4, -0.2) is 242 Å². The van der Waals surface area contributed by atoms with Gasteiger partial charge in [-0.25, -0.2) is 14.4 Å². The Morgan fingerprint density at radius 1 is 0.387 bits per heavy atom. The van der Waals surface area contributed by atoms with Gasteiger partial charge in [0.25, 0.3) is 0 Å². The summed E-state index contributed by atoms with van der Waals surface area (Å²) in [6.07, 6.45) is -3.15. The standard InChI is InChI=1S/C44H63NO10.C31H42O7.C18H32NO8P.C14H23NO6/c1-9-22-49-44(47)45-37-28(5)27(4)35(11-3)53-42(37)54-36-24-34(41(46)48-8)23-33(10-2)39(36)55-43-40(51-26-32-20-16-13-17-21-32)38(29(6)30(7)52-43)50-25-31-18-14-12-15-19-31;1-5-24-16-25(30(33)34-4)17-26(32)28(24)38-31-29(36-19-23-14-10-7-11-15-23)27(20(2)21(3)37-31)35-18-22-12-8-6-9-13-22;1-7-10-22-18(21)19-16-13(5)12(4)15(11-23-14(6)20)26-17(16)27-28(24-8-2)25-9-3;1-5-6-19-14(18)15-12-9(3)8(2)11(21-13(12)17)7-20-10(4)16/h9,12-21,27-30,33-40,42-43H,1,10-11,22-26H2,2-8H3,(H,45,47);6-15,20-21,24-29,31-32H,5,16-19H2,1-4H3;7,12-13,15-17H,1,8-11H2,2-6H3,(H,19,21);5,8-9,11-13,17H,1,6-7H2,2-4H3,(H,15,18)/t27-,28?,29-,30?,33-,34?,35+,36-,37?,38+,39?,40?,42+,43+;20-,21?,24-,25?,26-,27+,28?,29?,31+;12-,13?,15+,16?,17?;8-,9?,11+,12?,13?/m1111/s1. The van der Waals surface area contributed by atoms with Crippen LogP contribution in [0.15, 0.2) is 159 Å². The van der Waals surface area contributed by atoms with E-state index in [0.29, 0.717) is 71.7 Å². The quantitative estimate of drug-likeness (QED) is 0.0119. The van der Waals surface area contributed by atoms with E-state index in [-0.39, 0.29) is 147 Å². The summed E-state index contributed by atoms with van der Waals surface area (Å²) in [7, 11) is 1.14. The van der Waals surface area contributed by atoms with Gasteiger partial charge in [0.05, 0.1) is 151 Å². The minimum atomic E-state index is -1.66. The summed E-state index contributed by atoms with van der Waals surface area (Å²) in [4.78, 5) is 84.0. The maximum Gasteiger partial charge on any atom is 0.407 e. The van der Waals surface area contributed by atoms with Gasteiger partial charge in [0.2, 0.25) is 0 Å². The first-order valence-electron chi connectivity index (χ1n) is 50.2. The molecular formula is C107H160N3O31P. The summed E-state index contributed by atoms with van der Waals surface area (Å²) < 4.78 is 131. The Balaban J connectivity index is 0.000000247. The van der Waals surface area contributed by atoms with Crippen LogP contribution in [0.3, 0.4) is 0 Å². The number of benzene rings is 4. The molecule has 5 heterocycles. The van der Waals surface area contributed by atoms with Gasteiger partial charge in [0, 0.05) is 25.7 Å². The fourth-order valence-electron chi connectivity index (χ4n) is 18.9. The second-order valence-electron chi connectivity index (χ2n) is 37.5. The van der Waals surface area contributed by atoms with E-state index in [9.17, 15) is 43.8 Å². The topological polar surface area (TPSA) is 399 Å². The Morgan fingerprint density at radius 2 is 0.739 bits per heavy atom. The molecule has 33 atom stereocenters. The lowest BCUT2D eigenvalue weighted by Gasteiger charge is -2.50. The van der Waals surface area contributed by atoms with Crippen LogP contribution in [0.2, 0.25) is 0 Å². The average Bonchev–Trinajstić information content (AvgIpc) is 0.766. The number of aliphatic hydroxyl groups excluding tert-OH is 2. The second-order valence-corrected chi connectivity index (χ2v) is 38.7. The van der Waals surface area contributed by atoms with Gasteiger partial charge in [-0.2, -0.15) is 0 Å². The largest absolute Gasteiger partial charge is 0.469 e. The number of rotatable bonds is 42. The van der Waals surface area contributed by atoms with Crippen molar-refractivity contribution >= 4 is 50.8 Å². The lowest BCUT2D eigenvalue weighted by atomic mass is 9.76. The minimum absolute atomic E-state index is 0.00816. The number of alkyl carbamates (subject to hydrolysis) is 3. The Kier molecular flexibility index (Phi) is 51.7. The molecule has 34 nitrogen and oxygen atoms in total. The highest BCUT2D eigenvalue weighted by atomic mass is 31.2. The number of hydrogen-bond acceptors (Lipinski definition) is 31. The van der Waals surface area contributed by atoms with Gasteiger partial charge in [-0.3, -0.25) is 23.7 Å². The lowest BCUT2D eigenvalue weighted by Crippen LogP contribution is -2.61. The average molecular weight is 2020 g/mol. The van der Waals surface area contributed by atoms with Gasteiger partial charge in [0.15, 0.2) is 31.5 Å². The molecule has 0 spiro atoms. The maximum absolute atomic E-state index is 13.2. The summed E-state index contributed by atoms with van der Waals surface area (Å²) in [6.45, 7) is 46.2. The van der Waals surface area contributed by atoms with E-state index in [1.807, 2.05) is 177 Å². The smallest absolute Gasteiger partial charge is 0.407 e. The van der Waals surface area contributed by atoms with Gasteiger partial charge < -0.3 is 125 Å². The van der Waals surface area contributed by atoms with E-state index in [4.69, 9.17) is 104 Å². The fourth-order valence-corrected chi connectivity index (χ4v) is 19.8. The first-order valence-corrected chi connectivity index (χ1v) is 51.3. The van der Waals surface area contributed by atoms with Crippen molar-refractivity contribution in [2.45, 2.75) is 318 Å². The molecule has 35 heteroatoms. The highest BCUT2D eigenvalue weighted by Crippen LogP contribution is 2.47. The molecule has 5 aliphatic heterocycles. The van der Waals surface area contributed by atoms with Crippen LogP contribution < -0.4 is 16.0 Å². The number of carbonyl (C=O) groups is 7. The second kappa shape index (κ2) is 61.9. The van der Waals surface area contributed by atoms with Gasteiger partial charge in [-0.1, -0.05) is 248 Å². The van der Waals surface area contributed by atoms with Crippen molar-refractivity contribution < 1.29 is 147 Å². The molecule has 5 saturated heterocycles. The first kappa shape index (κ1) is 119. The fraction of sp³-hybridized carbons (Fsp3) is 0.654. The van der Waals surface area contributed by atoms with E-state index in [0.717, 1.165) is 35.1 Å². The molecule has 7 fully saturated rings. The van der Waals surface area contributed by atoms with Crippen LogP contribution in [0.5, 0.6) is 0 Å². The molecule has 0 aromatic heterocycles. The zero-order valence-electron chi connectivity index (χ0n) is 86.4. The van der Waals surface area contributed by atoms with Crippen molar-refractivity contribution in [2.24, 2.45) is 71.0 Å². The summed E-state index contributed by atoms with van der Waals surface area (Å²) in [5.41, 5.74) is 4.21. The summed E-state index contributed by atoms with van der Waals surface area (Å²) in [6, 6.07) is 38.6. The molecule has 2 aliphatic carbocycles. The zero-order valence-corrected chi connectivity index (χ0v) is 87.3. The number of carbonyl (C=O) groups excluding carboxylic acids is 7. The van der Waals surface area contributed by atoms with E-state index in [1.54, 1.807) is 0 Å². The number of aliphatic hydroxyl groups is 2. The molecule has 5 N–H and O–H groups in total. The molecule has 142 heavy (non-hydrogen) atoms. The Hall–Kier alpha value is -8.46. The molecule has 2 saturated carbocycles. The number of esters is 4. The molecular weight excluding hydrogens is 1850 g/mol. The monoisotopic (exact) mass is 2010 g/mol. The van der Waals surface area contributed by atoms with Crippen molar-refractivity contribution in [2.75, 3.05) is 60.5 Å². The molecule has 11 rings (SSSR count). The Morgan fingerprint density at radius 3 is 1.12 bits per heavy atom. The third-order valence-corrected chi connectivity index (χ3v) is 29.3. The third-order valence-electron chi connectivity index (χ3n) is 28.0. The summed E-state index contributed by atoms with van der Waals surface area (Å²) in [5.74, 6) is -2.22. The van der Waals surface area contributed by atoms with Crippen LogP contribution in [0.4, 0.5) is 14.4 Å².